The largest absolute Gasteiger partial charge is 0.461 e. The molecule has 7 nitrogen and oxygen atoms in total. The number of ether oxygens (including phenoxy) is 1. The maximum atomic E-state index is 12.7. The standard InChI is InChI=1S/C25H37N5O2/c1-3-12-27-25(26-2)30-17-15-28(16-18-30)20-23(29-13-8-5-9-14-29)19-24(31)32-21-22-10-6-4-7-11-22/h3-4,6-7,10-12,23H,2,5,8-9,13-21H2,1H3/b12-3-,27-25?. The molecule has 0 saturated carbocycles. The van der Waals surface area contributed by atoms with Gasteiger partial charge in [0, 0.05) is 45.0 Å². The van der Waals surface area contributed by atoms with Gasteiger partial charge < -0.3 is 9.64 Å². The molecule has 174 valence electrons. The zero-order valence-corrected chi connectivity index (χ0v) is 19.4. The van der Waals surface area contributed by atoms with Gasteiger partial charge in [-0.3, -0.25) is 14.6 Å². The van der Waals surface area contributed by atoms with E-state index in [2.05, 4.69) is 31.4 Å². The lowest BCUT2D eigenvalue weighted by molar-refractivity contribution is -0.146. The minimum atomic E-state index is -0.111. The van der Waals surface area contributed by atoms with Crippen molar-refractivity contribution in [2.75, 3.05) is 45.8 Å². The molecule has 0 aliphatic carbocycles. The number of piperazine rings is 1. The first-order valence-corrected chi connectivity index (χ1v) is 11.8. The predicted molar refractivity (Wildman–Crippen MR) is 130 cm³/mol. The highest BCUT2D eigenvalue weighted by molar-refractivity contribution is 5.84. The number of hydrogen-bond acceptors (Lipinski definition) is 5. The fraction of sp³-hybridized carbons (Fsp3) is 0.560. The van der Waals surface area contributed by atoms with Crippen molar-refractivity contribution in [3.05, 3.63) is 48.2 Å². The summed E-state index contributed by atoms with van der Waals surface area (Å²) in [6.07, 6.45) is 7.78. The van der Waals surface area contributed by atoms with Crippen LogP contribution in [-0.4, -0.2) is 85.2 Å². The lowest BCUT2D eigenvalue weighted by Gasteiger charge is -2.40. The number of nitrogens with zero attached hydrogens (tertiary/aromatic N) is 5. The number of aliphatic imine (C=N–C) groups is 2. The van der Waals surface area contributed by atoms with E-state index in [1.165, 1.54) is 19.3 Å². The van der Waals surface area contributed by atoms with Crippen LogP contribution < -0.4 is 0 Å². The van der Waals surface area contributed by atoms with Gasteiger partial charge in [-0.15, -0.1) is 0 Å². The maximum Gasteiger partial charge on any atom is 0.307 e. The van der Waals surface area contributed by atoms with Crippen molar-refractivity contribution >= 4 is 18.6 Å². The molecule has 2 aliphatic rings. The Kier molecular flexibility index (Phi) is 9.91. The second kappa shape index (κ2) is 13.1. The Balaban J connectivity index is 1.54. The highest BCUT2D eigenvalue weighted by atomic mass is 16.5. The van der Waals surface area contributed by atoms with Gasteiger partial charge in [-0.05, 0) is 45.1 Å². The lowest BCUT2D eigenvalue weighted by atomic mass is 10.1. The Morgan fingerprint density at radius 3 is 2.47 bits per heavy atom. The zero-order chi connectivity index (χ0) is 22.6. The Morgan fingerprint density at radius 1 is 1.09 bits per heavy atom. The molecule has 2 fully saturated rings. The molecular weight excluding hydrogens is 402 g/mol. The minimum Gasteiger partial charge on any atom is -0.461 e. The number of carbonyl (C=O) groups excluding carboxylic acids is 1. The summed E-state index contributed by atoms with van der Waals surface area (Å²) in [7, 11) is 0. The predicted octanol–water partition coefficient (Wildman–Crippen LogP) is 3.18. The van der Waals surface area contributed by atoms with Gasteiger partial charge in [0.15, 0.2) is 0 Å². The SMILES string of the molecule is C=NC(=N/C=C\C)N1CCN(CC(CC(=O)OCc2ccccc2)N2CCCCC2)CC1. The number of benzene rings is 1. The third kappa shape index (κ3) is 7.57. The number of hydrogen-bond donors (Lipinski definition) is 0. The average Bonchev–Trinajstić information content (AvgIpc) is 2.85. The van der Waals surface area contributed by atoms with Crippen LogP contribution in [0.3, 0.4) is 0 Å². The summed E-state index contributed by atoms with van der Waals surface area (Å²) in [5.41, 5.74) is 1.03. The molecule has 1 unspecified atom stereocenters. The van der Waals surface area contributed by atoms with Crippen LogP contribution in [0.4, 0.5) is 0 Å². The lowest BCUT2D eigenvalue weighted by Crippen LogP contribution is -2.53. The molecular formula is C25H37N5O2. The number of guanidine groups is 1. The third-order valence-corrected chi connectivity index (χ3v) is 6.16. The van der Waals surface area contributed by atoms with Crippen LogP contribution in [0, 0.1) is 0 Å². The minimum absolute atomic E-state index is 0.111. The summed E-state index contributed by atoms with van der Waals surface area (Å²) in [5.74, 6) is 0.569. The van der Waals surface area contributed by atoms with Crippen molar-refractivity contribution in [3.8, 4) is 0 Å². The zero-order valence-electron chi connectivity index (χ0n) is 19.4. The van der Waals surface area contributed by atoms with Crippen LogP contribution in [-0.2, 0) is 16.1 Å². The first-order valence-electron chi connectivity index (χ1n) is 11.8. The van der Waals surface area contributed by atoms with E-state index in [0.29, 0.717) is 19.0 Å². The van der Waals surface area contributed by atoms with Crippen molar-refractivity contribution in [3.63, 3.8) is 0 Å². The van der Waals surface area contributed by atoms with Crippen LogP contribution in [0.2, 0.25) is 0 Å². The number of allylic oxidation sites excluding steroid dienone is 1. The molecule has 32 heavy (non-hydrogen) atoms. The van der Waals surface area contributed by atoms with Crippen LogP contribution in [0.15, 0.2) is 52.6 Å². The van der Waals surface area contributed by atoms with Crippen molar-refractivity contribution in [1.82, 2.24) is 14.7 Å². The number of likely N-dealkylation sites (tertiary alicyclic amines) is 1. The van der Waals surface area contributed by atoms with Crippen LogP contribution in [0.25, 0.3) is 0 Å². The summed E-state index contributed by atoms with van der Waals surface area (Å²) in [6.45, 7) is 12.5. The van der Waals surface area contributed by atoms with E-state index in [1.807, 2.05) is 43.3 Å². The van der Waals surface area contributed by atoms with Gasteiger partial charge in [0.2, 0.25) is 5.96 Å². The highest BCUT2D eigenvalue weighted by Gasteiger charge is 2.28. The van der Waals surface area contributed by atoms with Gasteiger partial charge in [-0.1, -0.05) is 42.8 Å². The maximum absolute atomic E-state index is 12.7. The normalized spacial score (nSPS) is 19.8. The molecule has 1 atom stereocenters. The molecule has 2 aliphatic heterocycles. The Bertz CT molecular complexity index is 766. The quantitative estimate of drug-likeness (QED) is 0.354. The summed E-state index contributed by atoms with van der Waals surface area (Å²) in [5, 5.41) is 0. The van der Waals surface area contributed by atoms with E-state index >= 15 is 0 Å². The topological polar surface area (TPSA) is 60.7 Å². The van der Waals surface area contributed by atoms with Crippen molar-refractivity contribution in [1.29, 1.82) is 0 Å². The van der Waals surface area contributed by atoms with E-state index in [1.54, 1.807) is 6.20 Å². The summed E-state index contributed by atoms with van der Waals surface area (Å²) < 4.78 is 5.61. The van der Waals surface area contributed by atoms with E-state index in [4.69, 9.17) is 4.74 Å². The van der Waals surface area contributed by atoms with Crippen LogP contribution in [0.1, 0.15) is 38.2 Å². The molecule has 0 N–H and O–H groups in total. The summed E-state index contributed by atoms with van der Waals surface area (Å²) in [6, 6.07) is 10.1. The molecule has 0 amide bonds. The van der Waals surface area contributed by atoms with Gasteiger partial charge >= 0.3 is 5.97 Å². The summed E-state index contributed by atoms with van der Waals surface area (Å²) in [4.78, 5) is 28.2. The monoisotopic (exact) mass is 439 g/mol. The Morgan fingerprint density at radius 2 is 1.81 bits per heavy atom. The molecule has 1 aromatic rings. The van der Waals surface area contributed by atoms with E-state index in [-0.39, 0.29) is 12.0 Å². The first-order chi connectivity index (χ1) is 15.7. The molecule has 2 saturated heterocycles. The third-order valence-electron chi connectivity index (χ3n) is 6.16. The molecule has 7 heteroatoms. The molecule has 0 aromatic heterocycles. The number of rotatable bonds is 8. The molecule has 1 aromatic carbocycles. The molecule has 0 spiro atoms. The highest BCUT2D eigenvalue weighted by Crippen LogP contribution is 2.17. The van der Waals surface area contributed by atoms with Crippen molar-refractivity contribution in [2.45, 2.75) is 45.3 Å². The van der Waals surface area contributed by atoms with E-state index in [9.17, 15) is 4.79 Å². The van der Waals surface area contributed by atoms with Gasteiger partial charge in [-0.25, -0.2) is 9.98 Å². The van der Waals surface area contributed by atoms with Gasteiger partial charge in [-0.2, -0.15) is 0 Å². The number of carbonyl (C=O) groups is 1. The average molecular weight is 440 g/mol. The van der Waals surface area contributed by atoms with Gasteiger partial charge in [0.25, 0.3) is 0 Å². The number of piperidine rings is 1. The van der Waals surface area contributed by atoms with Gasteiger partial charge in [0.1, 0.15) is 6.61 Å². The first kappa shape index (κ1) is 24.1. The Labute approximate surface area is 192 Å². The fourth-order valence-corrected chi connectivity index (χ4v) is 4.37. The van der Waals surface area contributed by atoms with Crippen LogP contribution in [0.5, 0.6) is 0 Å². The molecule has 3 rings (SSSR count). The van der Waals surface area contributed by atoms with E-state index in [0.717, 1.165) is 51.4 Å². The molecule has 0 bridgehead atoms. The molecule has 0 radical (unpaired) electrons. The number of esters is 1. The fourth-order valence-electron chi connectivity index (χ4n) is 4.37. The Hall–Kier alpha value is -2.51. The van der Waals surface area contributed by atoms with Crippen LogP contribution >= 0.6 is 0 Å². The second-order valence-corrected chi connectivity index (χ2v) is 8.46. The molecule has 2 heterocycles. The smallest absolute Gasteiger partial charge is 0.307 e. The van der Waals surface area contributed by atoms with Crippen molar-refractivity contribution < 1.29 is 9.53 Å². The van der Waals surface area contributed by atoms with E-state index < -0.39 is 0 Å². The summed E-state index contributed by atoms with van der Waals surface area (Å²) >= 11 is 0. The van der Waals surface area contributed by atoms with Gasteiger partial charge in [0.05, 0.1) is 6.42 Å². The van der Waals surface area contributed by atoms with Crippen molar-refractivity contribution in [2.24, 2.45) is 9.98 Å². The second-order valence-electron chi connectivity index (χ2n) is 8.46.